The van der Waals surface area contributed by atoms with Crippen molar-refractivity contribution < 1.29 is 23.7 Å². The lowest BCUT2D eigenvalue weighted by Gasteiger charge is -2.31. The molecule has 0 saturated carbocycles. The number of aryl methyl sites for hydroxylation is 2. The summed E-state index contributed by atoms with van der Waals surface area (Å²) in [4.78, 5) is 4.56. The SMILES string of the molecule is C#C.CCN1CCC(Oc2ccc(CN(CC)c3ccc(OC)c(OC)c3)cc2F)CC1.Oc1ccc2c(c1)CCCC2. The average molecular weight is 591 g/mol. The van der Waals surface area contributed by atoms with Crippen molar-refractivity contribution >= 4 is 5.69 Å². The van der Waals surface area contributed by atoms with Gasteiger partial charge in [0.1, 0.15) is 11.9 Å². The Bertz CT molecular complexity index is 1300. The van der Waals surface area contributed by atoms with Gasteiger partial charge in [-0.2, -0.15) is 0 Å². The van der Waals surface area contributed by atoms with E-state index in [1.54, 1.807) is 32.4 Å². The van der Waals surface area contributed by atoms with E-state index in [9.17, 15) is 9.50 Å². The molecule has 1 heterocycles. The molecule has 6 nitrogen and oxygen atoms in total. The van der Waals surface area contributed by atoms with E-state index in [0.717, 1.165) is 56.7 Å². The van der Waals surface area contributed by atoms with Gasteiger partial charge < -0.3 is 29.1 Å². The van der Waals surface area contributed by atoms with Crippen molar-refractivity contribution in [2.75, 3.05) is 45.3 Å². The number of terminal acetylenes is 1. The molecule has 3 aromatic carbocycles. The number of phenols is 1. The van der Waals surface area contributed by atoms with E-state index in [0.29, 0.717) is 29.5 Å². The van der Waals surface area contributed by atoms with E-state index in [1.807, 2.05) is 36.4 Å². The standard InChI is InChI=1S/C24H33FN2O3.C10H12O.C2H2/c1-5-26-13-11-20(12-14-26)30-22-9-7-18(15-21(22)25)17-27(6-2)19-8-10-23(28-3)24(16-19)29-4;11-10-6-5-8-3-1-2-4-9(8)7-10;1-2/h7-10,15-16,20H,5-6,11-14,17H2,1-4H3;5-7,11H,1-4H2;1-2H. The van der Waals surface area contributed by atoms with Crippen molar-refractivity contribution in [2.45, 2.75) is 65.0 Å². The fourth-order valence-electron chi connectivity index (χ4n) is 5.61. The van der Waals surface area contributed by atoms with Crippen molar-refractivity contribution in [3.05, 3.63) is 77.1 Å². The predicted octanol–water partition coefficient (Wildman–Crippen LogP) is 7.25. The summed E-state index contributed by atoms with van der Waals surface area (Å²) in [5.41, 5.74) is 4.67. The summed E-state index contributed by atoms with van der Waals surface area (Å²) in [6.45, 7) is 8.71. The van der Waals surface area contributed by atoms with Gasteiger partial charge >= 0.3 is 0 Å². The summed E-state index contributed by atoms with van der Waals surface area (Å²) >= 11 is 0. The first-order valence-corrected chi connectivity index (χ1v) is 15.2. The summed E-state index contributed by atoms with van der Waals surface area (Å²) in [6, 6.07) is 16.8. The van der Waals surface area contributed by atoms with Crippen molar-refractivity contribution in [2.24, 2.45) is 0 Å². The highest BCUT2D eigenvalue weighted by Gasteiger charge is 2.21. The smallest absolute Gasteiger partial charge is 0.165 e. The Hall–Kier alpha value is -3.89. The Kier molecular flexibility index (Phi) is 13.5. The molecule has 3 aromatic rings. The number of benzene rings is 3. The third-order valence-corrected chi connectivity index (χ3v) is 8.09. The molecule has 0 amide bonds. The van der Waals surface area contributed by atoms with Gasteiger partial charge in [0.05, 0.1) is 14.2 Å². The zero-order chi connectivity index (χ0) is 31.2. The second-order valence-electron chi connectivity index (χ2n) is 10.7. The fourth-order valence-corrected chi connectivity index (χ4v) is 5.61. The number of nitrogens with zero attached hydrogens (tertiary/aromatic N) is 2. The number of ether oxygens (including phenoxy) is 3. The summed E-state index contributed by atoms with van der Waals surface area (Å²) in [5, 5.41) is 9.19. The van der Waals surface area contributed by atoms with Crippen LogP contribution < -0.4 is 19.1 Å². The van der Waals surface area contributed by atoms with Gasteiger partial charge in [-0.3, -0.25) is 0 Å². The molecule has 1 N–H and O–H groups in total. The van der Waals surface area contributed by atoms with Gasteiger partial charge in [-0.25, -0.2) is 4.39 Å². The minimum Gasteiger partial charge on any atom is -0.508 e. The van der Waals surface area contributed by atoms with Crippen LogP contribution in [0.25, 0.3) is 0 Å². The molecule has 0 aromatic heterocycles. The number of fused-ring (bicyclic) bond motifs is 1. The molecule has 7 heteroatoms. The molecule has 5 rings (SSSR count). The predicted molar refractivity (Wildman–Crippen MR) is 173 cm³/mol. The average Bonchev–Trinajstić information content (AvgIpc) is 3.06. The molecule has 43 heavy (non-hydrogen) atoms. The van der Waals surface area contributed by atoms with Crippen LogP contribution in [0.5, 0.6) is 23.0 Å². The first-order valence-electron chi connectivity index (χ1n) is 15.2. The van der Waals surface area contributed by atoms with Gasteiger partial charge in [0.25, 0.3) is 0 Å². The Labute approximate surface area is 257 Å². The molecule has 1 aliphatic heterocycles. The van der Waals surface area contributed by atoms with Gasteiger partial charge in [0.2, 0.25) is 0 Å². The molecule has 2 aliphatic rings. The highest BCUT2D eigenvalue weighted by Crippen LogP contribution is 2.32. The van der Waals surface area contributed by atoms with Crippen LogP contribution in [-0.2, 0) is 19.4 Å². The number of halogens is 1. The second kappa shape index (κ2) is 17.3. The number of anilines is 1. The first kappa shape index (κ1) is 33.6. The number of hydrogen-bond donors (Lipinski definition) is 1. The van der Waals surface area contributed by atoms with Crippen LogP contribution in [0.15, 0.2) is 54.6 Å². The monoisotopic (exact) mass is 590 g/mol. The van der Waals surface area contributed by atoms with Crippen LogP contribution in [0.1, 0.15) is 56.2 Å². The quantitative estimate of drug-likeness (QED) is 0.265. The Morgan fingerprint density at radius 1 is 0.860 bits per heavy atom. The largest absolute Gasteiger partial charge is 0.508 e. The van der Waals surface area contributed by atoms with Crippen LogP contribution >= 0.6 is 0 Å². The van der Waals surface area contributed by atoms with E-state index in [1.165, 1.54) is 30.4 Å². The molecule has 0 spiro atoms. The van der Waals surface area contributed by atoms with E-state index >= 15 is 0 Å². The van der Waals surface area contributed by atoms with Crippen LogP contribution in [-0.4, -0.2) is 56.5 Å². The van der Waals surface area contributed by atoms with Crippen LogP contribution in [0.2, 0.25) is 0 Å². The Morgan fingerprint density at radius 3 is 2.16 bits per heavy atom. The van der Waals surface area contributed by atoms with Crippen molar-refractivity contribution in [3.63, 3.8) is 0 Å². The van der Waals surface area contributed by atoms with Crippen LogP contribution in [0.4, 0.5) is 10.1 Å². The molecular weight excluding hydrogens is 543 g/mol. The normalized spacial score (nSPS) is 14.7. The highest BCUT2D eigenvalue weighted by atomic mass is 19.1. The molecule has 0 atom stereocenters. The highest BCUT2D eigenvalue weighted by molar-refractivity contribution is 5.56. The van der Waals surface area contributed by atoms with Gasteiger partial charge in [-0.05, 0) is 105 Å². The molecule has 0 radical (unpaired) electrons. The summed E-state index contributed by atoms with van der Waals surface area (Å²) < 4.78 is 31.4. The topological polar surface area (TPSA) is 54.4 Å². The summed E-state index contributed by atoms with van der Waals surface area (Å²) in [5.74, 6) is 1.83. The number of rotatable bonds is 9. The maximum Gasteiger partial charge on any atom is 0.165 e. The zero-order valence-electron chi connectivity index (χ0n) is 26.2. The number of methoxy groups -OCH3 is 2. The molecular formula is C36H47FN2O4. The lowest BCUT2D eigenvalue weighted by atomic mass is 9.92. The third kappa shape index (κ3) is 9.56. The Morgan fingerprint density at radius 2 is 1.53 bits per heavy atom. The van der Waals surface area contributed by atoms with Crippen molar-refractivity contribution in [1.82, 2.24) is 4.90 Å². The maximum atomic E-state index is 14.7. The molecule has 0 bridgehead atoms. The fraction of sp³-hybridized carbons (Fsp3) is 0.444. The van der Waals surface area contributed by atoms with Gasteiger partial charge in [-0.15, -0.1) is 12.8 Å². The van der Waals surface area contributed by atoms with E-state index in [2.05, 4.69) is 36.5 Å². The Balaban J connectivity index is 0.000000322. The van der Waals surface area contributed by atoms with Crippen molar-refractivity contribution in [3.8, 4) is 35.8 Å². The summed E-state index contributed by atoms with van der Waals surface area (Å²) in [6.07, 6.45) is 14.9. The molecule has 1 fully saturated rings. The minimum absolute atomic E-state index is 0.0899. The van der Waals surface area contributed by atoms with Gasteiger partial charge in [0, 0.05) is 37.9 Å². The van der Waals surface area contributed by atoms with Gasteiger partial charge in [0.15, 0.2) is 23.1 Å². The maximum absolute atomic E-state index is 14.7. The van der Waals surface area contributed by atoms with E-state index < -0.39 is 0 Å². The third-order valence-electron chi connectivity index (χ3n) is 8.09. The van der Waals surface area contributed by atoms with Crippen LogP contribution in [0.3, 0.4) is 0 Å². The summed E-state index contributed by atoms with van der Waals surface area (Å²) in [7, 11) is 3.24. The number of piperidine rings is 1. The number of hydrogen-bond acceptors (Lipinski definition) is 6. The molecule has 232 valence electrons. The second-order valence-corrected chi connectivity index (χ2v) is 10.7. The van der Waals surface area contributed by atoms with E-state index in [4.69, 9.17) is 14.2 Å². The lowest BCUT2D eigenvalue weighted by Crippen LogP contribution is -2.38. The van der Waals surface area contributed by atoms with Crippen LogP contribution in [0, 0.1) is 18.7 Å². The molecule has 1 aliphatic carbocycles. The zero-order valence-corrected chi connectivity index (χ0v) is 26.2. The number of aromatic hydroxyl groups is 1. The molecule has 0 unspecified atom stereocenters. The van der Waals surface area contributed by atoms with Gasteiger partial charge in [-0.1, -0.05) is 19.1 Å². The lowest BCUT2D eigenvalue weighted by molar-refractivity contribution is 0.100. The minimum atomic E-state index is -0.297. The van der Waals surface area contributed by atoms with E-state index in [-0.39, 0.29) is 11.9 Å². The first-order chi connectivity index (χ1) is 20.9. The number of likely N-dealkylation sites (tertiary alicyclic amines) is 1. The number of phenolic OH excluding ortho intramolecular Hbond substituents is 1. The molecule has 1 saturated heterocycles. The van der Waals surface area contributed by atoms with Crippen molar-refractivity contribution in [1.29, 1.82) is 0 Å².